The summed E-state index contributed by atoms with van der Waals surface area (Å²) in [4.78, 5) is 24.2. The fourth-order valence-electron chi connectivity index (χ4n) is 1.95. The van der Waals surface area contributed by atoms with Gasteiger partial charge in [0.1, 0.15) is 11.6 Å². The molecule has 5 nitrogen and oxygen atoms in total. The van der Waals surface area contributed by atoms with E-state index in [9.17, 15) is 18.4 Å². The van der Waals surface area contributed by atoms with E-state index in [-0.39, 0.29) is 30.5 Å². The third-order valence-electron chi connectivity index (χ3n) is 3.42. The lowest BCUT2D eigenvalue weighted by Gasteiger charge is -2.09. The number of urea groups is 1. The Labute approximate surface area is 154 Å². The Balaban J connectivity index is 1.62. The molecular formula is C18H19F2N3O2S. The highest BCUT2D eigenvalue weighted by atomic mass is 32.2. The molecule has 0 radical (unpaired) electrons. The Morgan fingerprint density at radius 1 is 1.04 bits per heavy atom. The molecular weight excluding hydrogens is 360 g/mol. The minimum absolute atomic E-state index is 0.138. The molecule has 2 rings (SSSR count). The van der Waals surface area contributed by atoms with Crippen molar-refractivity contribution in [2.75, 3.05) is 5.75 Å². The van der Waals surface area contributed by atoms with Gasteiger partial charge in [0.2, 0.25) is 5.91 Å². The van der Waals surface area contributed by atoms with Crippen LogP contribution in [0.2, 0.25) is 0 Å². The molecule has 3 N–H and O–H groups in total. The van der Waals surface area contributed by atoms with Crippen LogP contribution < -0.4 is 16.2 Å². The van der Waals surface area contributed by atoms with Crippen molar-refractivity contribution >= 4 is 23.7 Å². The zero-order valence-electron chi connectivity index (χ0n) is 14.1. The number of nitrogens with one attached hydrogen (secondary N) is 3. The SMILES string of the molecule is Cc1ccc(CNC(=O)NNC(=O)CCSc2ccc(F)cc2)cc1F. The van der Waals surface area contributed by atoms with Crippen molar-refractivity contribution in [1.82, 2.24) is 16.2 Å². The number of aryl methyl sites for hydroxylation is 1. The third kappa shape index (κ3) is 6.72. The molecule has 0 heterocycles. The van der Waals surface area contributed by atoms with Crippen LogP contribution in [-0.2, 0) is 11.3 Å². The smallest absolute Gasteiger partial charge is 0.333 e. The van der Waals surface area contributed by atoms with Gasteiger partial charge in [0.15, 0.2) is 0 Å². The Hall–Kier alpha value is -2.61. The van der Waals surface area contributed by atoms with E-state index in [1.807, 2.05) is 0 Å². The first-order valence-corrected chi connectivity index (χ1v) is 8.88. The number of hydrazine groups is 1. The van der Waals surface area contributed by atoms with E-state index in [0.717, 1.165) is 4.90 Å². The summed E-state index contributed by atoms with van der Waals surface area (Å²) in [6.45, 7) is 1.79. The van der Waals surface area contributed by atoms with Gasteiger partial charge in [0, 0.05) is 23.6 Å². The lowest BCUT2D eigenvalue weighted by Crippen LogP contribution is -2.46. The van der Waals surface area contributed by atoms with Gasteiger partial charge in [-0.1, -0.05) is 12.1 Å². The van der Waals surface area contributed by atoms with E-state index in [2.05, 4.69) is 16.2 Å². The number of rotatable bonds is 6. The molecule has 0 aliphatic rings. The maximum atomic E-state index is 13.4. The minimum Gasteiger partial charge on any atom is -0.333 e. The molecule has 3 amide bonds. The van der Waals surface area contributed by atoms with E-state index in [0.29, 0.717) is 16.9 Å². The summed E-state index contributed by atoms with van der Waals surface area (Å²) in [5.41, 5.74) is 5.67. The molecule has 26 heavy (non-hydrogen) atoms. The van der Waals surface area contributed by atoms with Crippen LogP contribution >= 0.6 is 11.8 Å². The minimum atomic E-state index is -0.592. The first kappa shape index (κ1) is 19.7. The zero-order valence-corrected chi connectivity index (χ0v) is 15.0. The van der Waals surface area contributed by atoms with Crippen LogP contribution in [0.15, 0.2) is 47.4 Å². The summed E-state index contributed by atoms with van der Waals surface area (Å²) in [6.07, 6.45) is 0.186. The van der Waals surface area contributed by atoms with Crippen LogP contribution in [0.25, 0.3) is 0 Å². The van der Waals surface area contributed by atoms with Gasteiger partial charge in [0.25, 0.3) is 0 Å². The molecule has 2 aromatic carbocycles. The molecule has 8 heteroatoms. The van der Waals surface area contributed by atoms with Crippen molar-refractivity contribution < 1.29 is 18.4 Å². The molecule has 0 unspecified atom stereocenters. The van der Waals surface area contributed by atoms with Gasteiger partial charge in [-0.25, -0.2) is 19.0 Å². The molecule has 0 saturated carbocycles. The first-order valence-electron chi connectivity index (χ1n) is 7.90. The van der Waals surface area contributed by atoms with E-state index >= 15 is 0 Å². The largest absolute Gasteiger partial charge is 0.333 e. The Kier molecular flexibility index (Phi) is 7.40. The second-order valence-corrected chi connectivity index (χ2v) is 6.66. The number of hydrogen-bond acceptors (Lipinski definition) is 3. The second kappa shape index (κ2) is 9.76. The average Bonchev–Trinajstić information content (AvgIpc) is 2.62. The zero-order chi connectivity index (χ0) is 18.9. The predicted molar refractivity (Wildman–Crippen MR) is 96.4 cm³/mol. The van der Waals surface area contributed by atoms with Crippen LogP contribution in [0.3, 0.4) is 0 Å². The maximum Gasteiger partial charge on any atom is 0.333 e. The summed E-state index contributed by atoms with van der Waals surface area (Å²) >= 11 is 1.41. The Morgan fingerprint density at radius 2 is 1.77 bits per heavy atom. The summed E-state index contributed by atoms with van der Waals surface area (Å²) in [6, 6.07) is 10.1. The van der Waals surface area contributed by atoms with Crippen LogP contribution in [0.5, 0.6) is 0 Å². The number of carbonyl (C=O) groups excluding carboxylic acids is 2. The molecule has 0 fully saturated rings. The third-order valence-corrected chi connectivity index (χ3v) is 4.43. The van der Waals surface area contributed by atoms with Gasteiger partial charge >= 0.3 is 6.03 Å². The van der Waals surface area contributed by atoms with Crippen LogP contribution in [0.4, 0.5) is 13.6 Å². The number of benzene rings is 2. The van der Waals surface area contributed by atoms with E-state index in [4.69, 9.17) is 0 Å². The molecule has 0 saturated heterocycles. The van der Waals surface area contributed by atoms with Gasteiger partial charge in [-0.2, -0.15) is 0 Å². The van der Waals surface area contributed by atoms with Crippen molar-refractivity contribution in [2.45, 2.75) is 24.8 Å². The monoisotopic (exact) mass is 379 g/mol. The summed E-state index contributed by atoms with van der Waals surface area (Å²) in [7, 11) is 0. The van der Waals surface area contributed by atoms with Crippen LogP contribution in [0.1, 0.15) is 17.5 Å². The van der Waals surface area contributed by atoms with E-state index in [1.54, 1.807) is 31.2 Å². The average molecular weight is 379 g/mol. The number of thioether (sulfide) groups is 1. The van der Waals surface area contributed by atoms with Gasteiger partial charge in [-0.3, -0.25) is 10.2 Å². The van der Waals surface area contributed by atoms with Crippen molar-refractivity contribution in [3.8, 4) is 0 Å². The fourth-order valence-corrected chi connectivity index (χ4v) is 2.81. The molecule has 2 aromatic rings. The molecule has 0 aliphatic carbocycles. The maximum absolute atomic E-state index is 13.4. The normalized spacial score (nSPS) is 10.3. The van der Waals surface area contributed by atoms with Gasteiger partial charge in [-0.05, 0) is 48.4 Å². The second-order valence-electron chi connectivity index (χ2n) is 5.49. The van der Waals surface area contributed by atoms with Gasteiger partial charge < -0.3 is 5.32 Å². The quantitative estimate of drug-likeness (QED) is 0.533. The first-order chi connectivity index (χ1) is 12.4. The highest BCUT2D eigenvalue weighted by Crippen LogP contribution is 2.18. The van der Waals surface area contributed by atoms with Crippen LogP contribution in [-0.4, -0.2) is 17.7 Å². The topological polar surface area (TPSA) is 70.2 Å². The molecule has 138 valence electrons. The van der Waals surface area contributed by atoms with Crippen LogP contribution in [0, 0.1) is 18.6 Å². The lowest BCUT2D eigenvalue weighted by molar-refractivity contribution is -0.121. The molecule has 0 aromatic heterocycles. The van der Waals surface area contributed by atoms with E-state index < -0.39 is 6.03 Å². The van der Waals surface area contributed by atoms with Crippen molar-refractivity contribution in [3.63, 3.8) is 0 Å². The number of halogens is 2. The fraction of sp³-hybridized carbons (Fsp3) is 0.222. The lowest BCUT2D eigenvalue weighted by atomic mass is 10.1. The highest BCUT2D eigenvalue weighted by molar-refractivity contribution is 7.99. The Morgan fingerprint density at radius 3 is 2.46 bits per heavy atom. The van der Waals surface area contributed by atoms with Gasteiger partial charge in [-0.15, -0.1) is 11.8 Å². The number of carbonyl (C=O) groups is 2. The summed E-state index contributed by atoms with van der Waals surface area (Å²) < 4.78 is 26.2. The Bertz CT molecular complexity index is 770. The predicted octanol–water partition coefficient (Wildman–Crippen LogP) is 3.29. The summed E-state index contributed by atoms with van der Waals surface area (Å²) in [5.74, 6) is -0.507. The number of amides is 3. The highest BCUT2D eigenvalue weighted by Gasteiger charge is 2.06. The number of hydrogen-bond donors (Lipinski definition) is 3. The van der Waals surface area contributed by atoms with Crippen molar-refractivity contribution in [2.24, 2.45) is 0 Å². The standard InChI is InChI=1S/C18H19F2N3O2S/c1-12-2-3-13(10-16(12)20)11-21-18(25)23-22-17(24)8-9-26-15-6-4-14(19)5-7-15/h2-7,10H,8-9,11H2,1H3,(H,22,24)(H2,21,23,25). The summed E-state index contributed by atoms with van der Waals surface area (Å²) in [5, 5.41) is 2.52. The van der Waals surface area contributed by atoms with E-state index in [1.165, 1.54) is 30.0 Å². The van der Waals surface area contributed by atoms with Crippen molar-refractivity contribution in [1.29, 1.82) is 0 Å². The molecule has 0 aliphatic heterocycles. The molecule has 0 atom stereocenters. The van der Waals surface area contributed by atoms with Crippen molar-refractivity contribution in [3.05, 3.63) is 65.2 Å². The molecule has 0 bridgehead atoms. The molecule has 0 spiro atoms. The van der Waals surface area contributed by atoms with Gasteiger partial charge in [0.05, 0.1) is 0 Å².